The van der Waals surface area contributed by atoms with Crippen molar-refractivity contribution in [2.45, 2.75) is 63.8 Å². The first-order chi connectivity index (χ1) is 25.0. The number of anilines is 1. The van der Waals surface area contributed by atoms with E-state index in [0.717, 1.165) is 41.0 Å². The molecule has 1 amide bonds. The molecule has 0 unspecified atom stereocenters. The molecule has 1 aliphatic heterocycles. The predicted molar refractivity (Wildman–Crippen MR) is 188 cm³/mol. The van der Waals surface area contributed by atoms with E-state index in [1.807, 2.05) is 42.1 Å². The molecule has 20 heteroatoms. The summed E-state index contributed by atoms with van der Waals surface area (Å²) in [6.07, 6.45) is 2.41. The van der Waals surface area contributed by atoms with Crippen LogP contribution in [0.5, 0.6) is 5.75 Å². The van der Waals surface area contributed by atoms with Gasteiger partial charge in [-0.2, -0.15) is 9.35 Å². The van der Waals surface area contributed by atoms with Crippen LogP contribution in [0.1, 0.15) is 50.9 Å². The summed E-state index contributed by atoms with van der Waals surface area (Å²) in [5, 5.41) is 5.78. The number of nitrogen functional groups attached to an aromatic ring is 1. The fourth-order valence-electron chi connectivity index (χ4n) is 5.43. The van der Waals surface area contributed by atoms with Crippen LogP contribution in [0.15, 0.2) is 53.1 Å². The van der Waals surface area contributed by atoms with E-state index in [9.17, 15) is 32.1 Å². The van der Waals surface area contributed by atoms with Gasteiger partial charge in [0.25, 0.3) is 12.4 Å². The minimum atomic E-state index is -5.24. The Morgan fingerprint density at radius 1 is 1.17 bits per heavy atom. The first kappa shape index (κ1) is 40.9. The number of thiazole rings is 1. The van der Waals surface area contributed by atoms with Crippen molar-refractivity contribution < 1.29 is 55.3 Å². The molecule has 4 rings (SSSR count). The molecule has 3 aromatic rings. The van der Waals surface area contributed by atoms with Gasteiger partial charge in [0.05, 0.1) is 23.9 Å². The van der Waals surface area contributed by atoms with Gasteiger partial charge in [0.15, 0.2) is 40.9 Å². The Morgan fingerprint density at radius 2 is 1.87 bits per heavy atom. The van der Waals surface area contributed by atoms with Gasteiger partial charge in [-0.05, 0) is 57.0 Å². The second-order valence-electron chi connectivity index (χ2n) is 12.6. The number of unbranched alkanes of at least 4 members (excludes halogenated alkanes) is 1. The van der Waals surface area contributed by atoms with Crippen LogP contribution in [-0.2, 0) is 56.9 Å². The van der Waals surface area contributed by atoms with Crippen LogP contribution < -0.4 is 26.5 Å². The van der Waals surface area contributed by atoms with Crippen molar-refractivity contribution in [2.24, 2.45) is 29.6 Å². The van der Waals surface area contributed by atoms with E-state index >= 15 is 0 Å². The lowest BCUT2D eigenvalue weighted by molar-refractivity contribution is -0.678. The molecule has 18 nitrogen and oxygen atoms in total. The lowest BCUT2D eigenvalue weighted by Crippen LogP contribution is -2.68. The summed E-state index contributed by atoms with van der Waals surface area (Å²) in [5.41, 5.74) is 18.2. The van der Waals surface area contributed by atoms with Gasteiger partial charge >= 0.3 is 6.29 Å². The third-order valence-corrected chi connectivity index (χ3v) is 9.49. The number of Topliss-reactive ketones (excluding diaryl/α,β-unsaturated/α-hetero) is 2. The number of ketones is 2. The largest absolute Gasteiger partial charge is 0.724 e. The molecule has 0 aliphatic carbocycles. The van der Waals surface area contributed by atoms with E-state index in [-0.39, 0.29) is 41.8 Å². The molecule has 1 fully saturated rings. The van der Waals surface area contributed by atoms with Crippen LogP contribution >= 0.6 is 11.3 Å². The van der Waals surface area contributed by atoms with Crippen molar-refractivity contribution >= 4 is 56.5 Å². The Morgan fingerprint density at radius 3 is 2.45 bits per heavy atom. The highest BCUT2D eigenvalue weighted by Gasteiger charge is 2.57. The molecule has 286 valence electrons. The molecule has 1 aliphatic rings. The fraction of sp³-hybridized carbons (Fsp3) is 0.424. The molecule has 3 atom stereocenters. The van der Waals surface area contributed by atoms with Crippen molar-refractivity contribution in [1.29, 1.82) is 0 Å². The van der Waals surface area contributed by atoms with Gasteiger partial charge in [-0.3, -0.25) is 19.2 Å². The maximum absolute atomic E-state index is 13.4. The van der Waals surface area contributed by atoms with Crippen LogP contribution in [0.25, 0.3) is 11.1 Å². The minimum Gasteiger partial charge on any atom is -0.724 e. The molecule has 0 bridgehead atoms. The topological polar surface area (TPSA) is 273 Å². The van der Waals surface area contributed by atoms with E-state index in [1.54, 1.807) is 12.1 Å². The molecular weight excluding hydrogens is 735 g/mol. The Balaban J connectivity index is 1.40. The van der Waals surface area contributed by atoms with Crippen molar-refractivity contribution in [3.8, 4) is 16.9 Å². The SMILES string of the molecule is C[n+]1cc(-c2ccc(OC[C@@H](OC=O)O/N=C(\C(=O)C[C@@H]3C(=O)N(OS(=O)(=O)[O-])C3(C)C)c3csc(N)n3)cc2)ccc1CC(=O)[C@@H](N)CCCCN. The zero-order valence-electron chi connectivity index (χ0n) is 29.2. The molecule has 0 spiro atoms. The Kier molecular flexibility index (Phi) is 13.7. The van der Waals surface area contributed by atoms with Crippen LogP contribution in [0.3, 0.4) is 0 Å². The smallest absolute Gasteiger partial charge is 0.301 e. The number of hydrogen-bond donors (Lipinski definition) is 3. The average Bonchev–Trinajstić information content (AvgIpc) is 3.54. The number of hydrogen-bond acceptors (Lipinski definition) is 17. The summed E-state index contributed by atoms with van der Waals surface area (Å²) in [7, 11) is -3.39. The standard InChI is InChI=1S/C33H41N7O11S2/c1-33(2)24(31(44)40(33)51-53(45,46)47)15-28(43)30(26-18-52-32(36)37-26)38-50-29(49-19-41)17-48-23-11-8-20(9-12-23)21-7-10-22(39(3)16-21)14-27(42)25(35)6-4-5-13-34/h7-12,16,18-19,24-25,29H,4-6,13-15,17,34-35H2,1-3H3,(H2-,36,37,45,46,47)/b38-30-/t24-,25+,29+/m1/s1. The fourth-order valence-corrected chi connectivity index (χ4v) is 6.43. The number of benzene rings is 1. The van der Waals surface area contributed by atoms with Gasteiger partial charge in [-0.15, -0.1) is 11.3 Å². The normalized spacial score (nSPS) is 16.7. The first-order valence-corrected chi connectivity index (χ1v) is 18.5. The molecule has 0 saturated carbocycles. The van der Waals surface area contributed by atoms with E-state index in [0.29, 0.717) is 23.8 Å². The Hall–Kier alpha value is -4.86. The quantitative estimate of drug-likeness (QED) is 0.0154. The van der Waals surface area contributed by atoms with E-state index < -0.39 is 52.3 Å². The Bertz CT molecular complexity index is 1930. The number of β-lactam (4-membered cyclic amide) rings is 1. The van der Waals surface area contributed by atoms with Gasteiger partial charge in [0.1, 0.15) is 18.5 Å². The third kappa shape index (κ3) is 10.8. The van der Waals surface area contributed by atoms with Crippen molar-refractivity contribution in [3.63, 3.8) is 0 Å². The number of rotatable bonds is 21. The highest BCUT2D eigenvalue weighted by Crippen LogP contribution is 2.40. The van der Waals surface area contributed by atoms with Crippen LogP contribution in [0, 0.1) is 5.92 Å². The Labute approximate surface area is 309 Å². The highest BCUT2D eigenvalue weighted by molar-refractivity contribution is 7.80. The second kappa shape index (κ2) is 17.8. The lowest BCUT2D eigenvalue weighted by atomic mass is 9.74. The molecule has 3 heterocycles. The zero-order valence-corrected chi connectivity index (χ0v) is 30.8. The van der Waals surface area contributed by atoms with Gasteiger partial charge in [-0.1, -0.05) is 23.7 Å². The van der Waals surface area contributed by atoms with E-state index in [2.05, 4.69) is 14.4 Å². The summed E-state index contributed by atoms with van der Waals surface area (Å²) in [6, 6.07) is 10.2. The average molecular weight is 776 g/mol. The number of oxime groups is 1. The second-order valence-corrected chi connectivity index (χ2v) is 14.5. The number of carbonyl (C=O) groups excluding carboxylic acids is 4. The van der Waals surface area contributed by atoms with Gasteiger partial charge in [0, 0.05) is 23.4 Å². The number of nitrogens with zero attached hydrogens (tertiary/aromatic N) is 4. The minimum absolute atomic E-state index is 0.00798. The van der Waals surface area contributed by atoms with Crippen molar-refractivity contribution in [1.82, 2.24) is 10.0 Å². The molecular formula is C33H41N7O11S2. The maximum atomic E-state index is 13.4. The zero-order chi connectivity index (χ0) is 38.9. The monoisotopic (exact) mass is 775 g/mol. The van der Waals surface area contributed by atoms with E-state index in [4.69, 9.17) is 31.5 Å². The highest BCUT2D eigenvalue weighted by atomic mass is 32.3. The molecule has 1 aromatic carbocycles. The number of nitrogens with two attached hydrogens (primary N) is 3. The van der Waals surface area contributed by atoms with Gasteiger partial charge in [0.2, 0.25) is 10.4 Å². The summed E-state index contributed by atoms with van der Waals surface area (Å²) < 4.78 is 49.9. The molecule has 0 radical (unpaired) electrons. The summed E-state index contributed by atoms with van der Waals surface area (Å²) in [4.78, 5) is 59.3. The van der Waals surface area contributed by atoms with Crippen LogP contribution in [0.2, 0.25) is 0 Å². The summed E-state index contributed by atoms with van der Waals surface area (Å²) in [6.45, 7) is 3.14. The first-order valence-electron chi connectivity index (χ1n) is 16.3. The number of aryl methyl sites for hydroxylation is 1. The third-order valence-electron chi connectivity index (χ3n) is 8.48. The van der Waals surface area contributed by atoms with Crippen LogP contribution in [0.4, 0.5) is 5.13 Å². The van der Waals surface area contributed by atoms with Gasteiger partial charge in [-0.25, -0.2) is 18.0 Å². The number of carbonyl (C=O) groups is 4. The summed E-state index contributed by atoms with van der Waals surface area (Å²) in [5.74, 6) is -2.39. The lowest BCUT2D eigenvalue weighted by Gasteiger charge is -2.51. The molecule has 6 N–H and O–H groups in total. The number of amides is 1. The molecule has 53 heavy (non-hydrogen) atoms. The predicted octanol–water partition coefficient (Wildman–Crippen LogP) is 0.672. The van der Waals surface area contributed by atoms with Crippen molar-refractivity contribution in [2.75, 3.05) is 18.9 Å². The number of hydroxylamine groups is 2. The summed E-state index contributed by atoms with van der Waals surface area (Å²) >= 11 is 1.00. The molecule has 2 aromatic heterocycles. The van der Waals surface area contributed by atoms with E-state index in [1.165, 1.54) is 19.2 Å². The maximum Gasteiger partial charge on any atom is 0.301 e. The number of ether oxygens (including phenoxy) is 2. The van der Waals surface area contributed by atoms with Crippen LogP contribution in [-0.4, -0.2) is 83.7 Å². The van der Waals surface area contributed by atoms with Gasteiger partial charge < -0.3 is 36.1 Å². The van der Waals surface area contributed by atoms with Crippen molar-refractivity contribution in [3.05, 3.63) is 59.4 Å². The molecule has 1 saturated heterocycles. The number of aromatic nitrogens is 2. The number of pyridine rings is 1.